The highest BCUT2D eigenvalue weighted by atomic mass is 35.5. The lowest BCUT2D eigenvalue weighted by Crippen LogP contribution is -2.38. The molecule has 7 nitrogen and oxygen atoms in total. The molecule has 1 aliphatic carbocycles. The Morgan fingerprint density at radius 2 is 1.89 bits per heavy atom. The Morgan fingerprint density at radius 3 is 2.57 bits per heavy atom. The second-order valence-electron chi connectivity index (χ2n) is 8.82. The number of benzene rings is 2. The zero-order chi connectivity index (χ0) is 25.0. The Balaban J connectivity index is 1.47. The fourth-order valence-electron chi connectivity index (χ4n) is 4.72. The van der Waals surface area contributed by atoms with Gasteiger partial charge in [0.1, 0.15) is 0 Å². The molecule has 2 aromatic carbocycles. The van der Waals surface area contributed by atoms with Crippen LogP contribution in [0, 0.1) is 5.41 Å². The van der Waals surface area contributed by atoms with E-state index in [4.69, 9.17) is 11.6 Å². The maximum atomic E-state index is 13.3. The van der Waals surface area contributed by atoms with Gasteiger partial charge in [-0.2, -0.15) is 0 Å². The zero-order valence-corrected chi connectivity index (χ0v) is 20.1. The Labute approximate surface area is 208 Å². The van der Waals surface area contributed by atoms with Crippen LogP contribution in [0.15, 0.2) is 60.8 Å². The lowest BCUT2D eigenvalue weighted by molar-refractivity contribution is -0.139. The largest absolute Gasteiger partial charge is 0.481 e. The van der Waals surface area contributed by atoms with Crippen LogP contribution < -0.4 is 10.6 Å². The van der Waals surface area contributed by atoms with Crippen LogP contribution in [0.2, 0.25) is 5.02 Å². The van der Waals surface area contributed by atoms with Crippen LogP contribution in [0.5, 0.6) is 0 Å². The van der Waals surface area contributed by atoms with E-state index in [2.05, 4.69) is 15.6 Å². The van der Waals surface area contributed by atoms with Crippen LogP contribution in [0.4, 0.5) is 16.2 Å². The quantitative estimate of drug-likeness (QED) is 0.352. The molecule has 1 aliphatic rings. The number of carboxylic acid groups (broad SMARTS) is 1. The summed E-state index contributed by atoms with van der Waals surface area (Å²) in [7, 11) is 0. The summed E-state index contributed by atoms with van der Waals surface area (Å²) in [5.74, 6) is -1.02. The molecular formula is C27H26ClN3O4. The minimum Gasteiger partial charge on any atom is -0.481 e. The van der Waals surface area contributed by atoms with E-state index in [0.717, 1.165) is 17.5 Å². The van der Waals surface area contributed by atoms with Crippen molar-refractivity contribution in [2.75, 3.05) is 10.6 Å². The predicted octanol–water partition coefficient (Wildman–Crippen LogP) is 6.44. The molecule has 35 heavy (non-hydrogen) atoms. The number of fused-ring (bicyclic) bond motifs is 1. The van der Waals surface area contributed by atoms with Crippen molar-refractivity contribution in [3.05, 3.63) is 76.9 Å². The van der Waals surface area contributed by atoms with E-state index in [1.165, 1.54) is 0 Å². The van der Waals surface area contributed by atoms with Gasteiger partial charge in [0.2, 0.25) is 0 Å². The summed E-state index contributed by atoms with van der Waals surface area (Å²) in [4.78, 5) is 41.4. The van der Waals surface area contributed by atoms with E-state index >= 15 is 0 Å². The highest BCUT2D eigenvalue weighted by Crippen LogP contribution is 2.42. The lowest BCUT2D eigenvalue weighted by atomic mass is 9.66. The molecule has 8 heteroatoms. The van der Waals surface area contributed by atoms with Crippen molar-refractivity contribution in [3.63, 3.8) is 0 Å². The van der Waals surface area contributed by atoms with Gasteiger partial charge in [-0.3, -0.25) is 14.6 Å². The number of carbonyl (C=O) groups is 3. The molecule has 0 aliphatic heterocycles. The van der Waals surface area contributed by atoms with E-state index in [0.29, 0.717) is 46.9 Å². The van der Waals surface area contributed by atoms with Crippen LogP contribution in [0.1, 0.15) is 48.5 Å². The van der Waals surface area contributed by atoms with Crippen molar-refractivity contribution in [2.24, 2.45) is 5.41 Å². The van der Waals surface area contributed by atoms with Gasteiger partial charge >= 0.3 is 12.0 Å². The molecule has 2 amide bonds. The summed E-state index contributed by atoms with van der Waals surface area (Å²) in [6, 6.07) is 15.6. The van der Waals surface area contributed by atoms with E-state index < -0.39 is 17.4 Å². The third kappa shape index (κ3) is 5.52. The fourth-order valence-corrected chi connectivity index (χ4v) is 4.91. The van der Waals surface area contributed by atoms with E-state index in [9.17, 15) is 19.5 Å². The number of aryl methyl sites for hydroxylation is 1. The third-order valence-electron chi connectivity index (χ3n) is 6.32. The first kappa shape index (κ1) is 24.4. The highest BCUT2D eigenvalue weighted by Gasteiger charge is 2.43. The number of hydrogen-bond donors (Lipinski definition) is 3. The SMILES string of the molecule is CCCC1(CC(=O)O)CCc2cc(-c3ccc(NC(=O)Nc4cccc(Cl)c4)cn3)ccc2C1=O. The monoisotopic (exact) mass is 491 g/mol. The highest BCUT2D eigenvalue weighted by molar-refractivity contribution is 6.30. The van der Waals surface area contributed by atoms with Gasteiger partial charge in [0, 0.05) is 27.3 Å². The molecule has 0 fully saturated rings. The summed E-state index contributed by atoms with van der Waals surface area (Å²) in [5.41, 5.74) is 3.35. The molecule has 1 atom stereocenters. The molecular weight excluding hydrogens is 466 g/mol. The van der Waals surface area contributed by atoms with Crippen LogP contribution >= 0.6 is 11.6 Å². The molecule has 4 rings (SSSR count). The number of Topliss-reactive ketones (excluding diaryl/α,β-unsaturated/α-hetero) is 1. The summed E-state index contributed by atoms with van der Waals surface area (Å²) in [6.07, 6.45) is 3.93. The normalized spacial score (nSPS) is 16.9. The number of rotatable bonds is 7. The van der Waals surface area contributed by atoms with E-state index in [1.807, 2.05) is 19.1 Å². The van der Waals surface area contributed by atoms with Crippen molar-refractivity contribution < 1.29 is 19.5 Å². The van der Waals surface area contributed by atoms with Crippen molar-refractivity contribution in [2.45, 2.75) is 39.0 Å². The van der Waals surface area contributed by atoms with Gasteiger partial charge in [0.05, 0.1) is 24.0 Å². The van der Waals surface area contributed by atoms with Crippen molar-refractivity contribution in [1.82, 2.24) is 4.98 Å². The molecule has 0 spiro atoms. The van der Waals surface area contributed by atoms with Gasteiger partial charge in [-0.05, 0) is 61.2 Å². The van der Waals surface area contributed by atoms with Crippen LogP contribution in [-0.4, -0.2) is 27.9 Å². The first-order chi connectivity index (χ1) is 16.8. The summed E-state index contributed by atoms with van der Waals surface area (Å²) >= 11 is 5.94. The topological polar surface area (TPSA) is 108 Å². The average Bonchev–Trinajstić information content (AvgIpc) is 2.81. The first-order valence-corrected chi connectivity index (χ1v) is 11.9. The average molecular weight is 492 g/mol. The standard InChI is InChI=1S/C27H26ClN3O4/c1-2-11-27(15-24(32)33)12-10-17-13-18(6-8-22(17)25(27)34)23-9-7-21(16-29-23)31-26(35)30-20-5-3-4-19(28)14-20/h3-9,13-14,16H,2,10-12,15H2,1H3,(H,32,33)(H2,30,31,35). The molecule has 3 N–H and O–H groups in total. The van der Waals surface area contributed by atoms with Crippen molar-refractivity contribution >= 4 is 40.8 Å². The number of carboxylic acids is 1. The van der Waals surface area contributed by atoms with Crippen LogP contribution in [0.3, 0.4) is 0 Å². The lowest BCUT2D eigenvalue weighted by Gasteiger charge is -2.35. The zero-order valence-electron chi connectivity index (χ0n) is 19.3. The number of aromatic nitrogens is 1. The second kappa shape index (κ2) is 10.3. The van der Waals surface area contributed by atoms with Gasteiger partial charge < -0.3 is 15.7 Å². The molecule has 0 radical (unpaired) electrons. The number of nitrogens with zero attached hydrogens (tertiary/aromatic N) is 1. The van der Waals surface area contributed by atoms with Crippen molar-refractivity contribution in [1.29, 1.82) is 0 Å². The molecule has 1 heterocycles. The van der Waals surface area contributed by atoms with Crippen molar-refractivity contribution in [3.8, 4) is 11.3 Å². The van der Waals surface area contributed by atoms with Crippen LogP contribution in [0.25, 0.3) is 11.3 Å². The summed E-state index contributed by atoms with van der Waals surface area (Å²) in [5, 5.41) is 15.4. The maximum absolute atomic E-state index is 13.3. The number of anilines is 2. The second-order valence-corrected chi connectivity index (χ2v) is 9.26. The molecule has 180 valence electrons. The van der Waals surface area contributed by atoms with E-state index in [-0.39, 0.29) is 12.2 Å². The smallest absolute Gasteiger partial charge is 0.323 e. The molecule has 0 bridgehead atoms. The molecule has 1 unspecified atom stereocenters. The van der Waals surface area contributed by atoms with Gasteiger partial charge in [-0.15, -0.1) is 0 Å². The Bertz CT molecular complexity index is 1280. The molecule has 0 saturated carbocycles. The van der Waals surface area contributed by atoms with Gasteiger partial charge in [-0.25, -0.2) is 4.79 Å². The molecule has 0 saturated heterocycles. The number of halogens is 1. The third-order valence-corrected chi connectivity index (χ3v) is 6.56. The number of urea groups is 1. The molecule has 3 aromatic rings. The number of aliphatic carboxylic acids is 1. The van der Waals surface area contributed by atoms with Gasteiger partial charge in [0.25, 0.3) is 0 Å². The predicted molar refractivity (Wildman–Crippen MR) is 136 cm³/mol. The minimum atomic E-state index is -0.939. The maximum Gasteiger partial charge on any atom is 0.323 e. The number of carbonyl (C=O) groups excluding carboxylic acids is 2. The van der Waals surface area contributed by atoms with Crippen LogP contribution in [-0.2, 0) is 11.2 Å². The Morgan fingerprint density at radius 1 is 1.09 bits per heavy atom. The molecule has 1 aromatic heterocycles. The van der Waals surface area contributed by atoms with Gasteiger partial charge in [-0.1, -0.05) is 43.1 Å². The van der Waals surface area contributed by atoms with E-state index in [1.54, 1.807) is 48.7 Å². The number of hydrogen-bond acceptors (Lipinski definition) is 4. The summed E-state index contributed by atoms with van der Waals surface area (Å²) < 4.78 is 0. The number of amides is 2. The Hall–Kier alpha value is -3.71. The number of ketones is 1. The fraction of sp³-hybridized carbons (Fsp3) is 0.259. The minimum absolute atomic E-state index is 0.0761. The number of nitrogens with one attached hydrogen (secondary N) is 2. The number of pyridine rings is 1. The first-order valence-electron chi connectivity index (χ1n) is 11.5. The summed E-state index contributed by atoms with van der Waals surface area (Å²) in [6.45, 7) is 1.97. The Kier molecular flexibility index (Phi) is 7.17. The van der Waals surface area contributed by atoms with Gasteiger partial charge in [0.15, 0.2) is 5.78 Å².